The van der Waals surface area contributed by atoms with E-state index in [4.69, 9.17) is 4.98 Å². The van der Waals surface area contributed by atoms with E-state index in [0.29, 0.717) is 16.7 Å². The Morgan fingerprint density at radius 2 is 1.39 bits per heavy atom. The van der Waals surface area contributed by atoms with E-state index in [1.54, 1.807) is 0 Å². The van der Waals surface area contributed by atoms with Gasteiger partial charge < -0.3 is 10.4 Å². The fraction of sp³-hybridized carbons (Fsp3) is 0.226. The predicted octanol–water partition coefficient (Wildman–Crippen LogP) is 7.60. The Labute approximate surface area is 216 Å². The van der Waals surface area contributed by atoms with Crippen molar-refractivity contribution in [1.82, 2.24) is 4.98 Å². The Balaban J connectivity index is 1.57. The minimum absolute atomic E-state index is 0.288. The molecule has 0 atom stereocenters. The molecule has 36 heavy (non-hydrogen) atoms. The summed E-state index contributed by atoms with van der Waals surface area (Å²) in [5.41, 5.74) is 3.33. The molecule has 1 fully saturated rings. The molecule has 0 amide bonds. The van der Waals surface area contributed by atoms with E-state index in [9.17, 15) is 9.90 Å². The molecule has 0 spiro atoms. The van der Waals surface area contributed by atoms with Crippen molar-refractivity contribution in [3.63, 3.8) is 0 Å². The minimum atomic E-state index is -0.926. The normalized spacial score (nSPS) is 14.6. The number of carbonyl (C=O) groups is 1. The molecule has 5 rings (SSSR count). The second kappa shape index (κ2) is 10.9. The third kappa shape index (κ3) is 4.98. The second-order valence-electron chi connectivity index (χ2n) is 9.32. The van der Waals surface area contributed by atoms with E-state index in [0.717, 1.165) is 23.1 Å². The number of aliphatic carboxylic acids is 1. The number of nitrogens with zero attached hydrogens (tertiary/aromatic N) is 1. The number of benzene rings is 3. The van der Waals surface area contributed by atoms with E-state index in [1.165, 1.54) is 37.0 Å². The zero-order valence-corrected chi connectivity index (χ0v) is 21.0. The van der Waals surface area contributed by atoms with Crippen LogP contribution in [0.25, 0.3) is 5.57 Å². The zero-order chi connectivity index (χ0) is 24.8. The lowest BCUT2D eigenvalue weighted by molar-refractivity contribution is -0.130. The second-order valence-corrected chi connectivity index (χ2v) is 10.2. The van der Waals surface area contributed by atoms with Crippen LogP contribution in [0.15, 0.2) is 102 Å². The fourth-order valence-electron chi connectivity index (χ4n) is 5.23. The van der Waals surface area contributed by atoms with Gasteiger partial charge in [-0.1, -0.05) is 123 Å². The van der Waals surface area contributed by atoms with Gasteiger partial charge in [0.25, 0.3) is 0 Å². The van der Waals surface area contributed by atoms with Gasteiger partial charge in [-0.25, -0.2) is 9.78 Å². The number of thiazole rings is 1. The third-order valence-electron chi connectivity index (χ3n) is 7.06. The van der Waals surface area contributed by atoms with Gasteiger partial charge in [0.2, 0.25) is 0 Å². The number of anilines is 1. The molecule has 3 aromatic carbocycles. The van der Waals surface area contributed by atoms with Crippen LogP contribution in [-0.4, -0.2) is 16.1 Å². The number of allylic oxidation sites excluding steroid dienone is 1. The number of carboxylic acid groups (broad SMARTS) is 1. The Morgan fingerprint density at radius 1 is 0.889 bits per heavy atom. The Morgan fingerprint density at radius 3 is 1.86 bits per heavy atom. The highest BCUT2D eigenvalue weighted by Crippen LogP contribution is 2.41. The van der Waals surface area contributed by atoms with Crippen LogP contribution in [0.1, 0.15) is 54.5 Å². The van der Waals surface area contributed by atoms with Crippen molar-refractivity contribution in [3.05, 3.63) is 125 Å². The summed E-state index contributed by atoms with van der Waals surface area (Å²) in [5.74, 6) is -0.345. The molecule has 1 aliphatic carbocycles. The summed E-state index contributed by atoms with van der Waals surface area (Å²) in [7, 11) is 0. The SMILES string of the molecule is O=C(O)C(=CCC1CCCC1)c1csc(NC(c2ccccc2)(c2ccccc2)c2ccccc2)n1. The maximum atomic E-state index is 12.1. The van der Waals surface area contributed by atoms with Gasteiger partial charge in [-0.05, 0) is 29.0 Å². The van der Waals surface area contributed by atoms with Crippen molar-refractivity contribution in [2.75, 3.05) is 5.32 Å². The summed E-state index contributed by atoms with van der Waals surface area (Å²) in [5, 5.41) is 16.2. The molecular weight excluding hydrogens is 464 g/mol. The molecule has 0 bridgehead atoms. The van der Waals surface area contributed by atoms with Crippen LogP contribution in [0.5, 0.6) is 0 Å². The highest BCUT2D eigenvalue weighted by molar-refractivity contribution is 7.13. The summed E-state index contributed by atoms with van der Waals surface area (Å²) >= 11 is 1.44. The number of rotatable bonds is 9. The molecule has 1 saturated carbocycles. The van der Waals surface area contributed by atoms with E-state index in [2.05, 4.69) is 41.7 Å². The van der Waals surface area contributed by atoms with Crippen molar-refractivity contribution in [1.29, 1.82) is 0 Å². The van der Waals surface area contributed by atoms with Crippen LogP contribution in [0, 0.1) is 5.92 Å². The van der Waals surface area contributed by atoms with Crippen LogP contribution in [0.2, 0.25) is 0 Å². The van der Waals surface area contributed by atoms with Crippen molar-refractivity contribution >= 4 is 28.0 Å². The van der Waals surface area contributed by atoms with Crippen LogP contribution >= 0.6 is 11.3 Å². The van der Waals surface area contributed by atoms with E-state index >= 15 is 0 Å². The monoisotopic (exact) mass is 494 g/mol. The smallest absolute Gasteiger partial charge is 0.337 e. The molecular formula is C31H30N2O2S. The number of aromatic nitrogens is 1. The summed E-state index contributed by atoms with van der Waals surface area (Å²) in [6.07, 6.45) is 7.51. The molecule has 1 aliphatic rings. The molecule has 182 valence electrons. The van der Waals surface area contributed by atoms with E-state index < -0.39 is 11.5 Å². The van der Waals surface area contributed by atoms with Crippen molar-refractivity contribution < 1.29 is 9.90 Å². The lowest BCUT2D eigenvalue weighted by atomic mass is 9.77. The van der Waals surface area contributed by atoms with Gasteiger partial charge in [-0.15, -0.1) is 11.3 Å². The number of carboxylic acids is 1. The summed E-state index contributed by atoms with van der Waals surface area (Å²) < 4.78 is 0. The first-order valence-corrected chi connectivity index (χ1v) is 13.4. The first-order valence-electron chi connectivity index (χ1n) is 12.5. The lowest BCUT2D eigenvalue weighted by Crippen LogP contribution is -2.38. The Hall–Kier alpha value is -3.70. The van der Waals surface area contributed by atoms with Gasteiger partial charge in [0.1, 0.15) is 5.54 Å². The quantitative estimate of drug-likeness (QED) is 0.186. The van der Waals surface area contributed by atoms with Crippen molar-refractivity contribution in [2.45, 2.75) is 37.6 Å². The van der Waals surface area contributed by atoms with E-state index in [1.807, 2.05) is 66.1 Å². The topological polar surface area (TPSA) is 62.2 Å². The van der Waals surface area contributed by atoms with Gasteiger partial charge in [0.15, 0.2) is 5.13 Å². The number of hydrogen-bond acceptors (Lipinski definition) is 4. The molecule has 4 aromatic rings. The molecule has 0 unspecified atom stereocenters. The number of hydrogen-bond donors (Lipinski definition) is 2. The molecule has 1 aromatic heterocycles. The molecule has 4 nitrogen and oxygen atoms in total. The van der Waals surface area contributed by atoms with Crippen LogP contribution < -0.4 is 5.32 Å². The van der Waals surface area contributed by atoms with Crippen LogP contribution in [-0.2, 0) is 10.3 Å². The van der Waals surface area contributed by atoms with Gasteiger partial charge in [-0.3, -0.25) is 0 Å². The van der Waals surface area contributed by atoms with Crippen molar-refractivity contribution in [2.24, 2.45) is 5.92 Å². The van der Waals surface area contributed by atoms with Gasteiger partial charge in [0, 0.05) is 5.38 Å². The highest BCUT2D eigenvalue weighted by atomic mass is 32.1. The predicted molar refractivity (Wildman–Crippen MR) is 147 cm³/mol. The first-order chi connectivity index (χ1) is 17.7. The average Bonchev–Trinajstić information content (AvgIpc) is 3.61. The minimum Gasteiger partial charge on any atom is -0.478 e. The average molecular weight is 495 g/mol. The molecule has 0 radical (unpaired) electrons. The van der Waals surface area contributed by atoms with Crippen molar-refractivity contribution in [3.8, 4) is 0 Å². The van der Waals surface area contributed by atoms with Gasteiger partial charge in [-0.2, -0.15) is 0 Å². The number of nitrogens with one attached hydrogen (secondary N) is 1. The highest BCUT2D eigenvalue weighted by Gasteiger charge is 2.37. The fourth-order valence-corrected chi connectivity index (χ4v) is 5.99. The summed E-state index contributed by atoms with van der Waals surface area (Å²) in [4.78, 5) is 16.9. The Kier molecular flexibility index (Phi) is 7.28. The van der Waals surface area contributed by atoms with E-state index in [-0.39, 0.29) is 5.57 Å². The largest absolute Gasteiger partial charge is 0.478 e. The first kappa shape index (κ1) is 24.0. The maximum Gasteiger partial charge on any atom is 0.337 e. The maximum absolute atomic E-state index is 12.1. The molecule has 1 heterocycles. The third-order valence-corrected chi connectivity index (χ3v) is 7.81. The standard InChI is InChI=1S/C31H30N2O2S/c34-29(35)27(21-20-23-12-10-11-13-23)28-22-36-30(32-28)33-31(24-14-4-1-5-15-24,25-16-6-2-7-17-25)26-18-8-3-9-19-26/h1-9,14-19,21-23H,10-13,20H2,(H,32,33)(H,34,35). The molecule has 0 aliphatic heterocycles. The van der Waals surface area contributed by atoms with Gasteiger partial charge >= 0.3 is 5.97 Å². The zero-order valence-electron chi connectivity index (χ0n) is 20.1. The molecule has 5 heteroatoms. The molecule has 0 saturated heterocycles. The summed E-state index contributed by atoms with van der Waals surface area (Å²) in [6, 6.07) is 31.0. The summed E-state index contributed by atoms with van der Waals surface area (Å²) in [6.45, 7) is 0. The van der Waals surface area contributed by atoms with Crippen LogP contribution in [0.4, 0.5) is 5.13 Å². The van der Waals surface area contributed by atoms with Gasteiger partial charge in [0.05, 0.1) is 11.3 Å². The Bertz CT molecular complexity index is 1210. The molecule has 2 N–H and O–H groups in total. The lowest BCUT2D eigenvalue weighted by Gasteiger charge is -2.36. The van der Waals surface area contributed by atoms with Crippen LogP contribution in [0.3, 0.4) is 0 Å².